The fraction of sp³-hybridized carbons (Fsp3) is 0.375. The molecule has 1 aromatic rings. The third kappa shape index (κ3) is 2.27. The molecule has 0 aliphatic carbocycles. The van der Waals surface area contributed by atoms with Gasteiger partial charge >= 0.3 is 0 Å². The Bertz CT molecular complexity index is 259. The van der Waals surface area contributed by atoms with E-state index in [9.17, 15) is 0 Å². The summed E-state index contributed by atoms with van der Waals surface area (Å²) in [6, 6.07) is 0. The number of nitrogens with zero attached hydrogens (tertiary/aromatic N) is 1. The number of hydrogen-bond donors (Lipinski definition) is 0. The first-order valence-electron chi connectivity index (χ1n) is 3.31. The van der Waals surface area contributed by atoms with Crippen LogP contribution in [0.4, 0.5) is 0 Å². The van der Waals surface area contributed by atoms with E-state index < -0.39 is 0 Å². The van der Waals surface area contributed by atoms with E-state index in [-0.39, 0.29) is 3.42 Å². The highest BCUT2D eigenvalue weighted by Crippen LogP contribution is 2.34. The molecule has 0 atom stereocenters. The van der Waals surface area contributed by atoms with Gasteiger partial charge in [-0.1, -0.05) is 29.2 Å². The first-order valence-corrected chi connectivity index (χ1v) is 5.21. The molecule has 11 heavy (non-hydrogen) atoms. The van der Waals surface area contributed by atoms with Crippen LogP contribution in [-0.4, -0.2) is 4.98 Å². The molecule has 0 saturated heterocycles. The molecule has 0 radical (unpaired) electrons. The van der Waals surface area contributed by atoms with Crippen LogP contribution >= 0.6 is 33.9 Å². The third-order valence-electron chi connectivity index (χ3n) is 1.28. The number of thiazole rings is 1. The predicted molar refractivity (Wildman–Crippen MR) is 59.3 cm³/mol. The largest absolute Gasteiger partial charge is 0.245 e. The van der Waals surface area contributed by atoms with Gasteiger partial charge in [0.2, 0.25) is 0 Å². The van der Waals surface area contributed by atoms with E-state index in [0.717, 1.165) is 5.01 Å². The Balaban J connectivity index is 2.98. The highest BCUT2D eigenvalue weighted by Gasteiger charge is 2.18. The Morgan fingerprint density at radius 3 is 2.64 bits per heavy atom. The van der Waals surface area contributed by atoms with Crippen molar-refractivity contribution in [2.24, 2.45) is 0 Å². The highest BCUT2D eigenvalue weighted by molar-refractivity contribution is 14.1. The second-order valence-electron chi connectivity index (χ2n) is 2.74. The lowest BCUT2D eigenvalue weighted by Crippen LogP contribution is -2.02. The summed E-state index contributed by atoms with van der Waals surface area (Å²) in [4.78, 5) is 5.50. The lowest BCUT2D eigenvalue weighted by atomic mass is 10.2. The lowest BCUT2D eigenvalue weighted by molar-refractivity contribution is 0.845. The SMILES string of the molecule is C=Cc1ncc(C(C)(C)I)s1. The van der Waals surface area contributed by atoms with Crippen LogP contribution in [0.25, 0.3) is 6.08 Å². The minimum atomic E-state index is 0.191. The molecule has 3 heteroatoms. The minimum Gasteiger partial charge on any atom is -0.245 e. The Hall–Kier alpha value is 0.1000. The van der Waals surface area contributed by atoms with E-state index in [1.54, 1.807) is 17.4 Å². The fourth-order valence-corrected chi connectivity index (χ4v) is 1.89. The van der Waals surface area contributed by atoms with E-state index >= 15 is 0 Å². The van der Waals surface area contributed by atoms with Crippen molar-refractivity contribution in [2.75, 3.05) is 0 Å². The number of hydrogen-bond acceptors (Lipinski definition) is 2. The van der Waals surface area contributed by atoms with Crippen LogP contribution in [0.15, 0.2) is 12.8 Å². The van der Waals surface area contributed by atoms with E-state index in [2.05, 4.69) is 48.0 Å². The van der Waals surface area contributed by atoms with Gasteiger partial charge in [-0.2, -0.15) is 0 Å². The zero-order valence-corrected chi connectivity index (χ0v) is 9.57. The Labute approximate surface area is 84.7 Å². The molecule has 60 valence electrons. The minimum absolute atomic E-state index is 0.191. The van der Waals surface area contributed by atoms with Gasteiger partial charge in [0.05, 0.1) is 3.42 Å². The summed E-state index contributed by atoms with van der Waals surface area (Å²) in [5.74, 6) is 0. The van der Waals surface area contributed by atoms with Gasteiger partial charge in [-0.25, -0.2) is 4.98 Å². The van der Waals surface area contributed by atoms with Crippen LogP contribution < -0.4 is 0 Å². The van der Waals surface area contributed by atoms with Crippen LogP contribution in [-0.2, 0) is 3.42 Å². The maximum atomic E-state index is 4.20. The summed E-state index contributed by atoms with van der Waals surface area (Å²) < 4.78 is 0.191. The van der Waals surface area contributed by atoms with Crippen molar-refractivity contribution >= 4 is 40.0 Å². The quantitative estimate of drug-likeness (QED) is 0.597. The smallest absolute Gasteiger partial charge is 0.115 e. The van der Waals surface area contributed by atoms with E-state index in [1.807, 2.05) is 6.20 Å². The van der Waals surface area contributed by atoms with Crippen molar-refractivity contribution in [2.45, 2.75) is 17.3 Å². The summed E-state index contributed by atoms with van der Waals surface area (Å²) in [6.45, 7) is 8.02. The predicted octanol–water partition coefficient (Wildman–Crippen LogP) is 3.46. The second kappa shape index (κ2) is 3.23. The molecule has 1 nitrogen and oxygen atoms in total. The standard InChI is InChI=1S/C8H10INS/c1-4-7-10-5-6(11-7)8(2,3)9/h4-5H,1H2,2-3H3. The fourth-order valence-electron chi connectivity index (χ4n) is 0.657. The molecular formula is C8H10INS. The third-order valence-corrected chi connectivity index (χ3v) is 3.55. The summed E-state index contributed by atoms with van der Waals surface area (Å²) >= 11 is 4.11. The summed E-state index contributed by atoms with van der Waals surface area (Å²) in [5, 5.41) is 1.00. The Kier molecular flexibility index (Phi) is 2.70. The van der Waals surface area contributed by atoms with Crippen LogP contribution in [0.3, 0.4) is 0 Å². The Morgan fingerprint density at radius 2 is 2.36 bits per heavy atom. The molecule has 0 fully saturated rings. The lowest BCUT2D eigenvalue weighted by Gasteiger charge is -2.11. The zero-order valence-electron chi connectivity index (χ0n) is 6.60. The first kappa shape index (κ1) is 9.19. The molecule has 0 unspecified atom stereocenters. The van der Waals surface area contributed by atoms with Crippen molar-refractivity contribution in [1.82, 2.24) is 4.98 Å². The molecule has 0 bridgehead atoms. The normalized spacial score (nSPS) is 11.5. The van der Waals surface area contributed by atoms with Gasteiger partial charge < -0.3 is 0 Å². The molecule has 0 N–H and O–H groups in total. The van der Waals surface area contributed by atoms with Crippen LogP contribution in [0.2, 0.25) is 0 Å². The molecule has 1 heterocycles. The number of aromatic nitrogens is 1. The molecule has 0 spiro atoms. The topological polar surface area (TPSA) is 12.9 Å². The van der Waals surface area contributed by atoms with Crippen molar-refractivity contribution in [3.05, 3.63) is 22.7 Å². The van der Waals surface area contributed by atoms with Crippen LogP contribution in [0.1, 0.15) is 23.7 Å². The van der Waals surface area contributed by atoms with Gasteiger partial charge in [0.15, 0.2) is 0 Å². The molecule has 0 saturated carbocycles. The van der Waals surface area contributed by atoms with Gasteiger partial charge in [-0.05, 0) is 19.9 Å². The van der Waals surface area contributed by atoms with E-state index in [1.165, 1.54) is 4.88 Å². The summed E-state index contributed by atoms with van der Waals surface area (Å²) in [5.41, 5.74) is 0. The first-order chi connectivity index (χ1) is 5.04. The number of rotatable bonds is 2. The number of halogens is 1. The van der Waals surface area contributed by atoms with Gasteiger partial charge in [0.25, 0.3) is 0 Å². The second-order valence-corrected chi connectivity index (χ2v) is 6.50. The molecule has 0 aliphatic rings. The van der Waals surface area contributed by atoms with Gasteiger partial charge in [-0.3, -0.25) is 0 Å². The average molecular weight is 279 g/mol. The molecule has 1 rings (SSSR count). The molecule has 0 amide bonds. The molecular weight excluding hydrogens is 269 g/mol. The van der Waals surface area contributed by atoms with E-state index in [4.69, 9.17) is 0 Å². The van der Waals surface area contributed by atoms with Crippen molar-refractivity contribution in [3.8, 4) is 0 Å². The van der Waals surface area contributed by atoms with Crippen molar-refractivity contribution in [3.63, 3.8) is 0 Å². The van der Waals surface area contributed by atoms with Crippen molar-refractivity contribution < 1.29 is 0 Å². The monoisotopic (exact) mass is 279 g/mol. The zero-order chi connectivity index (χ0) is 8.48. The molecule has 0 aliphatic heterocycles. The van der Waals surface area contributed by atoms with Gasteiger partial charge in [0.1, 0.15) is 5.01 Å². The molecule has 1 aromatic heterocycles. The summed E-state index contributed by atoms with van der Waals surface area (Å²) in [6.07, 6.45) is 3.71. The average Bonchev–Trinajstić information content (AvgIpc) is 2.32. The molecule has 0 aromatic carbocycles. The maximum Gasteiger partial charge on any atom is 0.115 e. The maximum absolute atomic E-state index is 4.20. The highest BCUT2D eigenvalue weighted by atomic mass is 127. The number of alkyl halides is 1. The summed E-state index contributed by atoms with van der Waals surface area (Å²) in [7, 11) is 0. The van der Waals surface area contributed by atoms with Gasteiger partial charge in [0, 0.05) is 11.1 Å². The van der Waals surface area contributed by atoms with Crippen LogP contribution in [0, 0.1) is 0 Å². The van der Waals surface area contributed by atoms with E-state index in [0.29, 0.717) is 0 Å². The Morgan fingerprint density at radius 1 is 1.73 bits per heavy atom. The van der Waals surface area contributed by atoms with Crippen molar-refractivity contribution in [1.29, 1.82) is 0 Å². The van der Waals surface area contributed by atoms with Crippen LogP contribution in [0.5, 0.6) is 0 Å². The van der Waals surface area contributed by atoms with Gasteiger partial charge in [-0.15, -0.1) is 11.3 Å².